The number of hydrogen-bond donors (Lipinski definition) is 1. The van der Waals surface area contributed by atoms with E-state index in [-0.39, 0.29) is 16.7 Å². The van der Waals surface area contributed by atoms with E-state index in [4.69, 9.17) is 9.47 Å². The van der Waals surface area contributed by atoms with E-state index >= 15 is 0 Å². The molecule has 1 aromatic rings. The van der Waals surface area contributed by atoms with E-state index in [0.29, 0.717) is 30.1 Å². The summed E-state index contributed by atoms with van der Waals surface area (Å²) in [4.78, 5) is 13.8. The molecule has 1 aliphatic heterocycles. The van der Waals surface area contributed by atoms with Crippen LogP contribution in [0.3, 0.4) is 0 Å². The van der Waals surface area contributed by atoms with Crippen molar-refractivity contribution in [1.29, 1.82) is 0 Å². The van der Waals surface area contributed by atoms with Crippen LogP contribution in [0.4, 0.5) is 0 Å². The fourth-order valence-corrected chi connectivity index (χ4v) is 7.31. The van der Waals surface area contributed by atoms with E-state index in [1.54, 1.807) is 6.92 Å². The third-order valence-corrected chi connectivity index (χ3v) is 9.41. The molecule has 1 amide bonds. The van der Waals surface area contributed by atoms with Gasteiger partial charge in [0.1, 0.15) is 0 Å². The summed E-state index contributed by atoms with van der Waals surface area (Å²) in [5, 5.41) is 4.06. The normalized spacial score (nSPS) is 23.5. The molecule has 1 aromatic carbocycles. The molecule has 4 nitrogen and oxygen atoms in total. The Balaban J connectivity index is 1.62. The zero-order valence-electron chi connectivity index (χ0n) is 21.6. The van der Waals surface area contributed by atoms with Crippen molar-refractivity contribution in [2.45, 2.75) is 113 Å². The van der Waals surface area contributed by atoms with Gasteiger partial charge >= 0.3 is 0 Å². The first kappa shape index (κ1) is 26.9. The molecule has 1 N–H and O–H groups in total. The number of amides is 1. The highest BCUT2D eigenvalue weighted by molar-refractivity contribution is 8.03. The molecule has 3 rings (SSSR count). The molecule has 1 aliphatic carbocycles. The van der Waals surface area contributed by atoms with Gasteiger partial charge in [-0.05, 0) is 46.9 Å². The van der Waals surface area contributed by atoms with Crippen molar-refractivity contribution < 1.29 is 14.3 Å². The van der Waals surface area contributed by atoms with Crippen LogP contribution in [0.1, 0.15) is 91.7 Å². The number of ether oxygens (including phenoxy) is 2. The van der Waals surface area contributed by atoms with Gasteiger partial charge in [0.05, 0.1) is 13.2 Å². The summed E-state index contributed by atoms with van der Waals surface area (Å²) in [5.41, 5.74) is 3.10. The molecule has 2 aliphatic rings. The Morgan fingerprint density at radius 2 is 1.52 bits per heavy atom. The highest BCUT2D eigenvalue weighted by Crippen LogP contribution is 2.42. The lowest BCUT2D eigenvalue weighted by atomic mass is 9.81. The monoisotopic (exact) mass is 493 g/mol. The fraction of sp³-hybridized carbons (Fsp3) is 0.741. The van der Waals surface area contributed by atoms with E-state index in [2.05, 4.69) is 76.8 Å². The molecular formula is C27H43NO3S2. The van der Waals surface area contributed by atoms with Gasteiger partial charge in [0.15, 0.2) is 0 Å². The lowest BCUT2D eigenvalue weighted by Gasteiger charge is -2.32. The first-order chi connectivity index (χ1) is 15.4. The standard InChI is InChI=1S/C27H43NO3S2/c1-25(2,3)19-16-20(26(4,5)6)18-21(17-19)33-23-11-9-8-10-22(23)32-15-12-24(29)28-27(7)30-13-14-31-27/h16-18,22-23H,8-15H2,1-7H3,(H,28,29). The summed E-state index contributed by atoms with van der Waals surface area (Å²) < 4.78 is 11.0. The van der Waals surface area contributed by atoms with Gasteiger partial charge in [0.25, 0.3) is 0 Å². The number of thioether (sulfide) groups is 2. The molecule has 6 heteroatoms. The molecule has 1 saturated heterocycles. The van der Waals surface area contributed by atoms with Gasteiger partial charge in [-0.3, -0.25) is 4.79 Å². The summed E-state index contributed by atoms with van der Waals surface area (Å²) in [6.07, 6.45) is 5.57. The highest BCUT2D eigenvalue weighted by Gasteiger charge is 2.33. The summed E-state index contributed by atoms with van der Waals surface area (Å²) >= 11 is 4.02. The topological polar surface area (TPSA) is 47.6 Å². The number of rotatable bonds is 7. The van der Waals surface area contributed by atoms with Gasteiger partial charge in [0, 0.05) is 34.5 Å². The number of nitrogens with one attached hydrogen (secondary N) is 1. The van der Waals surface area contributed by atoms with Gasteiger partial charge in [0.2, 0.25) is 11.8 Å². The molecule has 2 unspecified atom stereocenters. The quantitative estimate of drug-likeness (QED) is 0.461. The average molecular weight is 494 g/mol. The van der Waals surface area contributed by atoms with E-state index in [1.807, 2.05) is 11.8 Å². The van der Waals surface area contributed by atoms with Crippen molar-refractivity contribution in [2.24, 2.45) is 0 Å². The molecule has 0 aromatic heterocycles. The van der Waals surface area contributed by atoms with Crippen LogP contribution in [-0.4, -0.2) is 41.3 Å². The second-order valence-corrected chi connectivity index (χ2v) is 14.2. The van der Waals surface area contributed by atoms with E-state index < -0.39 is 5.91 Å². The second-order valence-electron chi connectivity index (χ2n) is 11.5. The van der Waals surface area contributed by atoms with Gasteiger partial charge in [-0.2, -0.15) is 11.8 Å². The minimum Gasteiger partial charge on any atom is -0.331 e. The molecule has 186 valence electrons. The lowest BCUT2D eigenvalue weighted by molar-refractivity contribution is -0.175. The van der Waals surface area contributed by atoms with Crippen LogP contribution >= 0.6 is 23.5 Å². The first-order valence-corrected chi connectivity index (χ1v) is 14.3. The predicted molar refractivity (Wildman–Crippen MR) is 141 cm³/mol. The summed E-state index contributed by atoms with van der Waals surface area (Å²) in [6.45, 7) is 16.6. The van der Waals surface area contributed by atoms with Crippen LogP contribution in [0.2, 0.25) is 0 Å². The fourth-order valence-electron chi connectivity index (χ4n) is 4.30. The molecule has 0 radical (unpaired) electrons. The maximum Gasteiger partial charge on any atom is 0.248 e. The Kier molecular flexibility index (Phi) is 8.91. The minimum atomic E-state index is -0.951. The molecule has 33 heavy (non-hydrogen) atoms. The Hall–Kier alpha value is -0.690. The maximum atomic E-state index is 12.4. The second kappa shape index (κ2) is 10.9. The van der Waals surface area contributed by atoms with Crippen LogP contribution in [-0.2, 0) is 25.1 Å². The summed E-state index contributed by atoms with van der Waals surface area (Å²) in [7, 11) is 0. The molecular weight excluding hydrogens is 450 g/mol. The number of carbonyl (C=O) groups excluding carboxylic acids is 1. The van der Waals surface area contributed by atoms with Crippen molar-refractivity contribution in [3.05, 3.63) is 29.3 Å². The maximum absolute atomic E-state index is 12.4. The highest BCUT2D eigenvalue weighted by atomic mass is 32.2. The predicted octanol–water partition coefficient (Wildman–Crippen LogP) is 6.64. The SMILES string of the molecule is CC1(NC(=O)CCSC2CCCCC2Sc2cc(C(C)(C)C)cc(C(C)(C)C)c2)OCCO1. The Labute approximate surface area is 209 Å². The van der Waals surface area contributed by atoms with Crippen LogP contribution < -0.4 is 5.32 Å². The molecule has 0 bridgehead atoms. The van der Waals surface area contributed by atoms with Crippen molar-refractivity contribution >= 4 is 29.4 Å². The number of benzene rings is 1. The van der Waals surface area contributed by atoms with E-state index in [1.165, 1.54) is 41.7 Å². The van der Waals surface area contributed by atoms with Crippen LogP contribution in [0.25, 0.3) is 0 Å². The van der Waals surface area contributed by atoms with Crippen LogP contribution in [0, 0.1) is 0 Å². The Morgan fingerprint density at radius 3 is 2.06 bits per heavy atom. The number of carbonyl (C=O) groups is 1. The Bertz CT molecular complexity index is 774. The lowest BCUT2D eigenvalue weighted by Crippen LogP contribution is -2.47. The molecule has 2 fully saturated rings. The van der Waals surface area contributed by atoms with Crippen molar-refractivity contribution in [1.82, 2.24) is 5.32 Å². The summed E-state index contributed by atoms with van der Waals surface area (Å²) in [6, 6.07) is 7.21. The third kappa shape index (κ3) is 7.91. The largest absolute Gasteiger partial charge is 0.331 e. The van der Waals surface area contributed by atoms with Gasteiger partial charge in [-0.15, -0.1) is 11.8 Å². The first-order valence-electron chi connectivity index (χ1n) is 12.4. The molecule has 2 atom stereocenters. The minimum absolute atomic E-state index is 0.000361. The Morgan fingerprint density at radius 1 is 0.970 bits per heavy atom. The summed E-state index contributed by atoms with van der Waals surface area (Å²) in [5.74, 6) is -0.119. The van der Waals surface area contributed by atoms with E-state index in [9.17, 15) is 4.79 Å². The van der Waals surface area contributed by atoms with Crippen molar-refractivity contribution in [3.8, 4) is 0 Å². The van der Waals surface area contributed by atoms with Crippen molar-refractivity contribution in [3.63, 3.8) is 0 Å². The van der Waals surface area contributed by atoms with Gasteiger partial charge < -0.3 is 14.8 Å². The smallest absolute Gasteiger partial charge is 0.248 e. The van der Waals surface area contributed by atoms with Gasteiger partial charge in [-0.1, -0.05) is 60.5 Å². The van der Waals surface area contributed by atoms with Crippen LogP contribution in [0.15, 0.2) is 23.1 Å². The molecule has 1 saturated carbocycles. The van der Waals surface area contributed by atoms with Crippen LogP contribution in [0.5, 0.6) is 0 Å². The zero-order valence-corrected chi connectivity index (χ0v) is 23.2. The van der Waals surface area contributed by atoms with Crippen molar-refractivity contribution in [2.75, 3.05) is 19.0 Å². The van der Waals surface area contributed by atoms with Gasteiger partial charge in [-0.25, -0.2) is 0 Å². The molecule has 1 heterocycles. The van der Waals surface area contributed by atoms with E-state index in [0.717, 1.165) is 5.75 Å². The molecule has 0 spiro atoms. The number of hydrogen-bond acceptors (Lipinski definition) is 5. The zero-order chi connectivity index (χ0) is 24.3. The third-order valence-electron chi connectivity index (χ3n) is 6.43. The average Bonchev–Trinajstić information content (AvgIpc) is 3.13.